The highest BCUT2D eigenvalue weighted by Gasteiger charge is 2.14. The second-order valence-electron chi connectivity index (χ2n) is 5.82. The van der Waals surface area contributed by atoms with E-state index in [-0.39, 0.29) is 5.56 Å². The molecule has 1 aliphatic carbocycles. The van der Waals surface area contributed by atoms with E-state index in [1.807, 2.05) is 24.3 Å². The lowest BCUT2D eigenvalue weighted by Gasteiger charge is -2.24. The first-order chi connectivity index (χ1) is 11.2. The standard InChI is InChI=1S/C17H20N4OS/c22-16-10-9-15(20-21-16)12-5-4-8-14(11-12)19-17(23)18-13-6-2-1-3-7-13/h4-5,8-11,13H,1-3,6-7H2,(H,21,22)(H2,18,19,23). The Labute approximate surface area is 140 Å². The Balaban J connectivity index is 1.66. The molecule has 5 nitrogen and oxygen atoms in total. The maximum Gasteiger partial charge on any atom is 0.264 e. The molecule has 0 atom stereocenters. The van der Waals surface area contributed by atoms with Gasteiger partial charge in [-0.3, -0.25) is 4.79 Å². The quantitative estimate of drug-likeness (QED) is 0.756. The van der Waals surface area contributed by atoms with E-state index in [2.05, 4.69) is 20.8 Å². The van der Waals surface area contributed by atoms with Gasteiger partial charge in [-0.05, 0) is 43.3 Å². The smallest absolute Gasteiger partial charge is 0.264 e. The zero-order valence-electron chi connectivity index (χ0n) is 12.8. The van der Waals surface area contributed by atoms with Crippen LogP contribution in [-0.4, -0.2) is 21.4 Å². The van der Waals surface area contributed by atoms with Crippen molar-refractivity contribution in [1.29, 1.82) is 0 Å². The van der Waals surface area contributed by atoms with Crippen molar-refractivity contribution in [1.82, 2.24) is 15.5 Å². The highest BCUT2D eigenvalue weighted by atomic mass is 32.1. The highest BCUT2D eigenvalue weighted by molar-refractivity contribution is 7.80. The van der Waals surface area contributed by atoms with Gasteiger partial charge in [0.1, 0.15) is 0 Å². The molecule has 1 aromatic carbocycles. The molecule has 3 rings (SSSR count). The van der Waals surface area contributed by atoms with Crippen LogP contribution < -0.4 is 16.2 Å². The van der Waals surface area contributed by atoms with Crippen molar-refractivity contribution in [3.05, 3.63) is 46.8 Å². The van der Waals surface area contributed by atoms with Crippen molar-refractivity contribution in [2.75, 3.05) is 5.32 Å². The molecule has 0 bridgehead atoms. The second-order valence-corrected chi connectivity index (χ2v) is 6.23. The van der Waals surface area contributed by atoms with Crippen LogP contribution in [0, 0.1) is 0 Å². The predicted octanol–water partition coefficient (Wildman–Crippen LogP) is 3.06. The van der Waals surface area contributed by atoms with Crippen LogP contribution in [0.2, 0.25) is 0 Å². The summed E-state index contributed by atoms with van der Waals surface area (Å²) in [4.78, 5) is 11.1. The molecular weight excluding hydrogens is 308 g/mol. The Bertz CT molecular complexity index is 717. The summed E-state index contributed by atoms with van der Waals surface area (Å²) >= 11 is 5.41. The molecule has 0 aliphatic heterocycles. The number of H-pyrrole nitrogens is 1. The first-order valence-corrected chi connectivity index (χ1v) is 8.35. The van der Waals surface area contributed by atoms with E-state index in [1.54, 1.807) is 6.07 Å². The number of nitrogens with zero attached hydrogens (tertiary/aromatic N) is 1. The molecule has 0 spiro atoms. The number of benzene rings is 1. The molecule has 2 aromatic rings. The van der Waals surface area contributed by atoms with E-state index >= 15 is 0 Å². The molecule has 1 aliphatic rings. The molecular formula is C17H20N4OS. The van der Waals surface area contributed by atoms with E-state index in [4.69, 9.17) is 12.2 Å². The van der Waals surface area contributed by atoms with Crippen LogP contribution in [0.4, 0.5) is 5.69 Å². The SMILES string of the molecule is O=c1ccc(-c2cccc(NC(=S)NC3CCCCC3)c2)n[nH]1. The number of aromatic amines is 1. The largest absolute Gasteiger partial charge is 0.360 e. The molecule has 3 N–H and O–H groups in total. The Morgan fingerprint density at radius 3 is 2.74 bits per heavy atom. The summed E-state index contributed by atoms with van der Waals surface area (Å²) in [6.45, 7) is 0. The number of nitrogens with one attached hydrogen (secondary N) is 3. The third kappa shape index (κ3) is 4.39. The van der Waals surface area contributed by atoms with Crippen LogP contribution in [-0.2, 0) is 0 Å². The van der Waals surface area contributed by atoms with Gasteiger partial charge in [0.15, 0.2) is 5.11 Å². The van der Waals surface area contributed by atoms with E-state index in [0.717, 1.165) is 16.9 Å². The number of thiocarbonyl (C=S) groups is 1. The van der Waals surface area contributed by atoms with Crippen molar-refractivity contribution in [3.8, 4) is 11.3 Å². The summed E-state index contributed by atoms with van der Waals surface area (Å²) < 4.78 is 0. The third-order valence-electron chi connectivity index (χ3n) is 4.04. The minimum atomic E-state index is -0.208. The fraction of sp³-hybridized carbons (Fsp3) is 0.353. The van der Waals surface area contributed by atoms with Gasteiger partial charge < -0.3 is 10.6 Å². The summed E-state index contributed by atoms with van der Waals surface area (Å²) in [7, 11) is 0. The van der Waals surface area contributed by atoms with E-state index in [1.165, 1.54) is 38.2 Å². The van der Waals surface area contributed by atoms with Crippen LogP contribution in [0.5, 0.6) is 0 Å². The maximum atomic E-state index is 11.1. The second kappa shape index (κ2) is 7.37. The van der Waals surface area contributed by atoms with Gasteiger partial charge in [-0.1, -0.05) is 31.4 Å². The predicted molar refractivity (Wildman–Crippen MR) is 96.5 cm³/mol. The monoisotopic (exact) mass is 328 g/mol. The highest BCUT2D eigenvalue weighted by Crippen LogP contribution is 2.20. The number of aromatic nitrogens is 2. The van der Waals surface area contributed by atoms with Crippen molar-refractivity contribution in [2.45, 2.75) is 38.1 Å². The average molecular weight is 328 g/mol. The van der Waals surface area contributed by atoms with Crippen molar-refractivity contribution in [3.63, 3.8) is 0 Å². The van der Waals surface area contributed by atoms with Gasteiger partial charge in [0, 0.05) is 23.4 Å². The summed E-state index contributed by atoms with van der Waals surface area (Å²) in [6.07, 6.45) is 6.24. The van der Waals surface area contributed by atoms with Crippen LogP contribution >= 0.6 is 12.2 Å². The van der Waals surface area contributed by atoms with E-state index in [9.17, 15) is 4.79 Å². The molecule has 23 heavy (non-hydrogen) atoms. The lowest BCUT2D eigenvalue weighted by molar-refractivity contribution is 0.415. The number of hydrogen-bond acceptors (Lipinski definition) is 3. The average Bonchev–Trinajstić information content (AvgIpc) is 2.56. The number of rotatable bonds is 3. The van der Waals surface area contributed by atoms with Gasteiger partial charge in [-0.2, -0.15) is 5.10 Å². The lowest BCUT2D eigenvalue weighted by atomic mass is 9.96. The zero-order chi connectivity index (χ0) is 16.1. The molecule has 0 radical (unpaired) electrons. The van der Waals surface area contributed by atoms with Crippen LogP contribution in [0.15, 0.2) is 41.2 Å². The molecule has 0 unspecified atom stereocenters. The Morgan fingerprint density at radius 2 is 2.00 bits per heavy atom. The zero-order valence-corrected chi connectivity index (χ0v) is 13.7. The van der Waals surface area contributed by atoms with E-state index < -0.39 is 0 Å². The van der Waals surface area contributed by atoms with Crippen LogP contribution in [0.25, 0.3) is 11.3 Å². The van der Waals surface area contributed by atoms with E-state index in [0.29, 0.717) is 11.2 Å². The Morgan fingerprint density at radius 1 is 1.17 bits per heavy atom. The summed E-state index contributed by atoms with van der Waals surface area (Å²) in [5, 5.41) is 13.8. The van der Waals surface area contributed by atoms with Crippen LogP contribution in [0.1, 0.15) is 32.1 Å². The van der Waals surface area contributed by atoms with Gasteiger partial charge in [0.2, 0.25) is 0 Å². The van der Waals surface area contributed by atoms with Gasteiger partial charge in [0.05, 0.1) is 5.69 Å². The summed E-state index contributed by atoms with van der Waals surface area (Å²) in [5.74, 6) is 0. The molecule has 0 amide bonds. The van der Waals surface area contributed by atoms with Gasteiger partial charge in [0.25, 0.3) is 5.56 Å². The van der Waals surface area contributed by atoms with Crippen molar-refractivity contribution < 1.29 is 0 Å². The minimum Gasteiger partial charge on any atom is -0.360 e. The first kappa shape index (κ1) is 15.7. The fourth-order valence-electron chi connectivity index (χ4n) is 2.86. The van der Waals surface area contributed by atoms with Crippen molar-refractivity contribution in [2.24, 2.45) is 0 Å². The fourth-order valence-corrected chi connectivity index (χ4v) is 3.15. The molecule has 1 aromatic heterocycles. The Kier molecular flexibility index (Phi) is 5.02. The summed E-state index contributed by atoms with van der Waals surface area (Å²) in [5.41, 5.74) is 2.34. The van der Waals surface area contributed by atoms with Gasteiger partial charge in [-0.15, -0.1) is 0 Å². The maximum absolute atomic E-state index is 11.1. The first-order valence-electron chi connectivity index (χ1n) is 7.94. The van der Waals surface area contributed by atoms with Gasteiger partial charge >= 0.3 is 0 Å². The number of hydrogen-bond donors (Lipinski definition) is 3. The molecule has 6 heteroatoms. The molecule has 0 saturated heterocycles. The topological polar surface area (TPSA) is 69.8 Å². The summed E-state index contributed by atoms with van der Waals surface area (Å²) in [6, 6.07) is 11.5. The van der Waals surface area contributed by atoms with Crippen LogP contribution in [0.3, 0.4) is 0 Å². The molecule has 1 saturated carbocycles. The molecule has 1 fully saturated rings. The Hall–Kier alpha value is -2.21. The number of anilines is 1. The third-order valence-corrected chi connectivity index (χ3v) is 4.26. The van der Waals surface area contributed by atoms with Gasteiger partial charge in [-0.25, -0.2) is 5.10 Å². The van der Waals surface area contributed by atoms with Crippen molar-refractivity contribution >= 4 is 23.0 Å². The minimum absolute atomic E-state index is 0.208. The normalized spacial score (nSPS) is 15.1. The lowest BCUT2D eigenvalue weighted by Crippen LogP contribution is -2.38. The molecule has 1 heterocycles. The molecule has 120 valence electrons.